The van der Waals surface area contributed by atoms with E-state index in [1.165, 1.54) is 0 Å². The van der Waals surface area contributed by atoms with Crippen LogP contribution in [0.4, 0.5) is 0 Å². The molecule has 0 aliphatic carbocycles. The molecule has 1 aliphatic rings. The van der Waals surface area contributed by atoms with Gasteiger partial charge in [-0.25, -0.2) is 0 Å². The van der Waals surface area contributed by atoms with E-state index in [0.717, 1.165) is 23.8 Å². The lowest BCUT2D eigenvalue weighted by molar-refractivity contribution is 0.179. The number of hydrogen-bond acceptors (Lipinski definition) is 4. The van der Waals surface area contributed by atoms with Crippen molar-refractivity contribution in [2.45, 2.75) is 16.7 Å². The number of rotatable bonds is 5. The number of thiophene rings is 1. The third kappa shape index (κ3) is 2.91. The lowest BCUT2D eigenvalue weighted by Gasteiger charge is -2.20. The van der Waals surface area contributed by atoms with Crippen molar-refractivity contribution in [2.24, 2.45) is 5.92 Å². The van der Waals surface area contributed by atoms with Crippen molar-refractivity contribution in [3.8, 4) is 0 Å². The summed E-state index contributed by atoms with van der Waals surface area (Å²) in [6.07, 6.45) is 1.08. The van der Waals surface area contributed by atoms with Crippen molar-refractivity contribution < 1.29 is 8.95 Å². The molecule has 1 fully saturated rings. The van der Waals surface area contributed by atoms with E-state index in [4.69, 9.17) is 4.74 Å². The molecule has 1 aromatic heterocycles. The maximum Gasteiger partial charge on any atom is 0.0911 e. The molecule has 0 saturated carbocycles. The average molecular weight is 259 g/mol. The van der Waals surface area contributed by atoms with E-state index in [1.807, 2.05) is 24.6 Å². The Morgan fingerprint density at radius 3 is 3.19 bits per heavy atom. The Morgan fingerprint density at radius 2 is 2.62 bits per heavy atom. The van der Waals surface area contributed by atoms with Gasteiger partial charge in [0.1, 0.15) is 0 Å². The molecule has 3 unspecified atom stereocenters. The first-order valence-corrected chi connectivity index (χ1v) is 7.68. The summed E-state index contributed by atoms with van der Waals surface area (Å²) in [4.78, 5) is 0. The van der Waals surface area contributed by atoms with Gasteiger partial charge in [-0.3, -0.25) is 4.21 Å². The molecule has 16 heavy (non-hydrogen) atoms. The summed E-state index contributed by atoms with van der Waals surface area (Å²) in [5.74, 6) is 1.19. The average Bonchev–Trinajstić information content (AvgIpc) is 2.96. The van der Waals surface area contributed by atoms with Gasteiger partial charge in [-0.05, 0) is 24.9 Å². The van der Waals surface area contributed by atoms with Crippen LogP contribution in [0.5, 0.6) is 0 Å². The molecule has 3 nitrogen and oxygen atoms in total. The van der Waals surface area contributed by atoms with Crippen LogP contribution in [-0.2, 0) is 15.5 Å². The highest BCUT2D eigenvalue weighted by Gasteiger charge is 2.26. The summed E-state index contributed by atoms with van der Waals surface area (Å²) in [5, 5.41) is 5.24. The molecular weight excluding hydrogens is 242 g/mol. The minimum atomic E-state index is -0.878. The van der Waals surface area contributed by atoms with Gasteiger partial charge in [-0.2, -0.15) is 0 Å². The SMILES string of the molecule is CNC(CS(=O)c1cccs1)C1CCOC1. The third-order valence-corrected chi connectivity index (χ3v) is 5.71. The minimum Gasteiger partial charge on any atom is -0.381 e. The first kappa shape index (κ1) is 12.2. The number of hydrogen-bond donors (Lipinski definition) is 1. The van der Waals surface area contributed by atoms with E-state index >= 15 is 0 Å². The second-order valence-corrected chi connectivity index (χ2v) is 6.63. The number of nitrogens with one attached hydrogen (secondary N) is 1. The van der Waals surface area contributed by atoms with Crippen molar-refractivity contribution in [3.05, 3.63) is 17.5 Å². The Balaban J connectivity index is 1.93. The molecule has 1 aliphatic heterocycles. The zero-order valence-electron chi connectivity index (χ0n) is 9.35. The van der Waals surface area contributed by atoms with Gasteiger partial charge in [-0.15, -0.1) is 11.3 Å². The Morgan fingerprint density at radius 1 is 1.75 bits per heavy atom. The van der Waals surface area contributed by atoms with Crippen LogP contribution in [0.25, 0.3) is 0 Å². The van der Waals surface area contributed by atoms with Crippen LogP contribution in [0.2, 0.25) is 0 Å². The summed E-state index contributed by atoms with van der Waals surface area (Å²) in [6, 6.07) is 4.19. The molecule has 1 saturated heterocycles. The normalized spacial score (nSPS) is 24.4. The fourth-order valence-electron chi connectivity index (χ4n) is 1.96. The summed E-state index contributed by atoms with van der Waals surface area (Å²) in [6.45, 7) is 1.64. The largest absolute Gasteiger partial charge is 0.381 e. The fraction of sp³-hybridized carbons (Fsp3) is 0.636. The van der Waals surface area contributed by atoms with Crippen molar-refractivity contribution in [3.63, 3.8) is 0 Å². The molecule has 1 aromatic rings. The molecule has 0 amide bonds. The van der Waals surface area contributed by atoms with E-state index in [-0.39, 0.29) is 0 Å². The second kappa shape index (κ2) is 5.91. The summed E-state index contributed by atoms with van der Waals surface area (Å²) in [7, 11) is 1.06. The third-order valence-electron chi connectivity index (χ3n) is 2.96. The van der Waals surface area contributed by atoms with Gasteiger partial charge < -0.3 is 10.1 Å². The second-order valence-electron chi connectivity index (χ2n) is 3.96. The van der Waals surface area contributed by atoms with Crippen LogP contribution in [0.3, 0.4) is 0 Å². The van der Waals surface area contributed by atoms with Crippen molar-refractivity contribution in [1.29, 1.82) is 0 Å². The van der Waals surface area contributed by atoms with Gasteiger partial charge in [0.2, 0.25) is 0 Å². The Hall–Kier alpha value is -0.230. The standard InChI is InChI=1S/C11H17NO2S2/c1-12-10(9-4-5-14-7-9)8-16(13)11-3-2-6-15-11/h2-3,6,9-10,12H,4-5,7-8H2,1H3. The molecule has 2 heterocycles. The molecule has 5 heteroatoms. The van der Waals surface area contributed by atoms with Crippen LogP contribution in [0.15, 0.2) is 21.7 Å². The van der Waals surface area contributed by atoms with E-state index in [9.17, 15) is 4.21 Å². The molecule has 3 atom stereocenters. The van der Waals surface area contributed by atoms with E-state index in [2.05, 4.69) is 5.32 Å². The van der Waals surface area contributed by atoms with Crippen molar-refractivity contribution in [2.75, 3.05) is 26.0 Å². The highest BCUT2D eigenvalue weighted by molar-refractivity contribution is 7.87. The van der Waals surface area contributed by atoms with Crippen molar-refractivity contribution in [1.82, 2.24) is 5.32 Å². The molecule has 0 radical (unpaired) electrons. The lowest BCUT2D eigenvalue weighted by atomic mass is 10.0. The van der Waals surface area contributed by atoms with Gasteiger partial charge in [-0.1, -0.05) is 6.07 Å². The maximum absolute atomic E-state index is 12.1. The smallest absolute Gasteiger partial charge is 0.0911 e. The topological polar surface area (TPSA) is 38.3 Å². The van der Waals surface area contributed by atoms with Gasteiger partial charge in [0.05, 0.1) is 21.6 Å². The van der Waals surface area contributed by atoms with Crippen LogP contribution >= 0.6 is 11.3 Å². The maximum atomic E-state index is 12.1. The van der Waals surface area contributed by atoms with E-state index < -0.39 is 10.8 Å². The fourth-order valence-corrected chi connectivity index (χ4v) is 4.37. The monoisotopic (exact) mass is 259 g/mol. The summed E-state index contributed by atoms with van der Waals surface area (Å²) < 4.78 is 18.4. The Labute approximate surface area is 103 Å². The lowest BCUT2D eigenvalue weighted by Crippen LogP contribution is -2.38. The van der Waals surface area contributed by atoms with E-state index in [1.54, 1.807) is 11.3 Å². The molecule has 0 spiro atoms. The highest BCUT2D eigenvalue weighted by Crippen LogP contribution is 2.20. The first-order valence-electron chi connectivity index (χ1n) is 5.48. The van der Waals surface area contributed by atoms with Gasteiger partial charge in [0.25, 0.3) is 0 Å². The van der Waals surface area contributed by atoms with Crippen LogP contribution in [-0.4, -0.2) is 36.3 Å². The minimum absolute atomic E-state index is 0.297. The van der Waals surface area contributed by atoms with Gasteiger partial charge in [0, 0.05) is 24.3 Å². The molecule has 0 aromatic carbocycles. The van der Waals surface area contributed by atoms with Crippen LogP contribution in [0, 0.1) is 5.92 Å². The molecule has 1 N–H and O–H groups in total. The van der Waals surface area contributed by atoms with E-state index in [0.29, 0.717) is 17.7 Å². The predicted octanol–water partition coefficient (Wildman–Crippen LogP) is 1.48. The van der Waals surface area contributed by atoms with Crippen molar-refractivity contribution >= 4 is 22.1 Å². The summed E-state index contributed by atoms with van der Waals surface area (Å²) in [5.41, 5.74) is 0. The quantitative estimate of drug-likeness (QED) is 0.870. The van der Waals surface area contributed by atoms with Crippen LogP contribution in [0.1, 0.15) is 6.42 Å². The highest BCUT2D eigenvalue weighted by atomic mass is 32.2. The van der Waals surface area contributed by atoms with Gasteiger partial charge >= 0.3 is 0 Å². The zero-order valence-corrected chi connectivity index (χ0v) is 11.0. The van der Waals surface area contributed by atoms with Crippen LogP contribution < -0.4 is 5.32 Å². The zero-order chi connectivity index (χ0) is 11.4. The predicted molar refractivity (Wildman–Crippen MR) is 67.4 cm³/mol. The molecule has 90 valence electrons. The summed E-state index contributed by atoms with van der Waals surface area (Å²) >= 11 is 1.57. The van der Waals surface area contributed by atoms with Gasteiger partial charge in [0.15, 0.2) is 0 Å². The molecule has 2 rings (SSSR count). The molecular formula is C11H17NO2S2. The molecule has 0 bridgehead atoms. The first-order chi connectivity index (χ1) is 7.81. The number of ether oxygens (including phenoxy) is 1. The Kier molecular flexibility index (Phi) is 4.52. The Bertz CT molecular complexity index is 334.